The lowest BCUT2D eigenvalue weighted by molar-refractivity contribution is -0.117. The second-order valence-corrected chi connectivity index (χ2v) is 7.66. The summed E-state index contributed by atoms with van der Waals surface area (Å²) in [6.07, 6.45) is 4.77. The van der Waals surface area contributed by atoms with Crippen LogP contribution in [-0.4, -0.2) is 25.5 Å². The molecule has 3 nitrogen and oxygen atoms in total. The van der Waals surface area contributed by atoms with Crippen LogP contribution in [0, 0.1) is 5.82 Å². The lowest BCUT2D eigenvalue weighted by Crippen LogP contribution is -2.33. The van der Waals surface area contributed by atoms with E-state index in [2.05, 4.69) is 30.0 Å². The Balaban J connectivity index is 1.49. The fourth-order valence-corrected chi connectivity index (χ4v) is 4.42. The lowest BCUT2D eigenvalue weighted by Gasteiger charge is -2.35. The van der Waals surface area contributed by atoms with Crippen LogP contribution >= 0.6 is 0 Å². The molecule has 1 saturated heterocycles. The van der Waals surface area contributed by atoms with E-state index in [1.54, 1.807) is 12.1 Å². The number of rotatable bonds is 5. The first-order valence-electron chi connectivity index (χ1n) is 10.1. The molecule has 0 spiro atoms. The molecular formula is C23H27FN2O. The van der Waals surface area contributed by atoms with Crippen molar-refractivity contribution in [3.63, 3.8) is 0 Å². The summed E-state index contributed by atoms with van der Waals surface area (Å²) in [4.78, 5) is 16.9. The van der Waals surface area contributed by atoms with Crippen molar-refractivity contribution in [2.45, 2.75) is 44.9 Å². The van der Waals surface area contributed by atoms with Crippen LogP contribution in [0.1, 0.15) is 49.7 Å². The molecular weight excluding hydrogens is 339 g/mol. The Morgan fingerprint density at radius 2 is 1.74 bits per heavy atom. The Morgan fingerprint density at radius 1 is 1.04 bits per heavy atom. The van der Waals surface area contributed by atoms with Gasteiger partial charge in [-0.25, -0.2) is 4.39 Å². The van der Waals surface area contributed by atoms with Crippen LogP contribution in [0.4, 0.5) is 15.8 Å². The van der Waals surface area contributed by atoms with Gasteiger partial charge in [0, 0.05) is 36.6 Å². The molecule has 2 aromatic rings. The van der Waals surface area contributed by atoms with Crippen molar-refractivity contribution in [3.05, 3.63) is 59.4 Å². The van der Waals surface area contributed by atoms with E-state index < -0.39 is 0 Å². The Labute approximate surface area is 160 Å². The van der Waals surface area contributed by atoms with Crippen LogP contribution in [0.2, 0.25) is 0 Å². The van der Waals surface area contributed by atoms with E-state index in [1.165, 1.54) is 16.8 Å². The highest BCUT2D eigenvalue weighted by molar-refractivity contribution is 6.03. The second-order valence-electron chi connectivity index (χ2n) is 7.66. The highest BCUT2D eigenvalue weighted by Crippen LogP contribution is 2.39. The van der Waals surface area contributed by atoms with Gasteiger partial charge in [-0.05, 0) is 55.0 Å². The zero-order valence-electron chi connectivity index (χ0n) is 16.0. The van der Waals surface area contributed by atoms with Crippen molar-refractivity contribution in [2.75, 3.05) is 29.4 Å². The van der Waals surface area contributed by atoms with Crippen molar-refractivity contribution in [3.8, 4) is 0 Å². The van der Waals surface area contributed by atoms with Gasteiger partial charge in [-0.3, -0.25) is 4.79 Å². The van der Waals surface area contributed by atoms with Crippen LogP contribution in [0.5, 0.6) is 0 Å². The molecule has 2 aromatic carbocycles. The van der Waals surface area contributed by atoms with Crippen LogP contribution in [0.15, 0.2) is 42.5 Å². The van der Waals surface area contributed by atoms with Crippen molar-refractivity contribution >= 4 is 17.3 Å². The van der Waals surface area contributed by atoms with Gasteiger partial charge in [-0.2, -0.15) is 0 Å². The number of carbonyl (C=O) groups excluding carboxylic acids is 1. The molecule has 4 heteroatoms. The molecule has 2 aliphatic rings. The van der Waals surface area contributed by atoms with Gasteiger partial charge in [0.1, 0.15) is 5.82 Å². The minimum atomic E-state index is -0.173. The molecule has 0 atom stereocenters. The monoisotopic (exact) mass is 366 g/mol. The third kappa shape index (κ3) is 3.58. The minimum absolute atomic E-state index is 0.173. The molecule has 0 unspecified atom stereocenters. The van der Waals surface area contributed by atoms with Crippen molar-refractivity contribution in [1.82, 2.24) is 0 Å². The summed E-state index contributed by atoms with van der Waals surface area (Å²) >= 11 is 0. The van der Waals surface area contributed by atoms with E-state index >= 15 is 0 Å². The largest absolute Gasteiger partial charge is 0.371 e. The number of piperidine rings is 1. The number of hydrogen-bond donors (Lipinski definition) is 0. The van der Waals surface area contributed by atoms with Crippen LogP contribution in [0.25, 0.3) is 0 Å². The summed E-state index contributed by atoms with van der Waals surface area (Å²) in [5, 5.41) is 0. The van der Waals surface area contributed by atoms with E-state index in [1.807, 2.05) is 17.0 Å². The maximum absolute atomic E-state index is 13.2. The summed E-state index contributed by atoms with van der Waals surface area (Å²) < 4.78 is 13.2. The minimum Gasteiger partial charge on any atom is -0.371 e. The highest BCUT2D eigenvalue weighted by Gasteiger charge is 2.31. The predicted molar refractivity (Wildman–Crippen MR) is 108 cm³/mol. The van der Waals surface area contributed by atoms with E-state index in [-0.39, 0.29) is 11.7 Å². The molecule has 0 aliphatic carbocycles. The van der Waals surface area contributed by atoms with Gasteiger partial charge in [0.05, 0.1) is 6.42 Å². The fraction of sp³-hybridized carbons (Fsp3) is 0.435. The maximum Gasteiger partial charge on any atom is 0.231 e. The average molecular weight is 366 g/mol. The first kappa shape index (κ1) is 18.0. The Bertz CT molecular complexity index is 810. The first-order valence-corrected chi connectivity index (χ1v) is 10.1. The molecule has 0 N–H and O–H groups in total. The van der Waals surface area contributed by atoms with Gasteiger partial charge in [-0.1, -0.05) is 31.5 Å². The lowest BCUT2D eigenvalue weighted by atomic mass is 9.89. The zero-order chi connectivity index (χ0) is 18.8. The van der Waals surface area contributed by atoms with Crippen LogP contribution in [0.3, 0.4) is 0 Å². The highest BCUT2D eigenvalue weighted by atomic mass is 19.1. The number of amides is 1. The Morgan fingerprint density at radius 3 is 2.44 bits per heavy atom. The summed E-state index contributed by atoms with van der Waals surface area (Å²) in [5.41, 5.74) is 4.75. The number of unbranched alkanes of at least 4 members (excludes halogenated alkanes) is 1. The molecule has 1 amide bonds. The normalized spacial score (nSPS) is 17.5. The number of nitrogens with zero attached hydrogens (tertiary/aromatic N) is 2. The molecule has 2 heterocycles. The van der Waals surface area contributed by atoms with E-state index in [4.69, 9.17) is 0 Å². The molecule has 2 aliphatic heterocycles. The second kappa shape index (κ2) is 7.71. The molecule has 4 rings (SSSR count). The predicted octanol–water partition coefficient (Wildman–Crippen LogP) is 4.90. The average Bonchev–Trinajstić information content (AvgIpc) is 3.02. The molecule has 1 fully saturated rings. The standard InChI is InChI=1S/C23H27FN2O/c1-2-3-13-26-22-6-4-5-21(20(22)16-23(26)27)25-14-11-18(12-15-25)17-7-9-19(24)10-8-17/h4-10,18H,2-3,11-16H2,1H3. The van der Waals surface area contributed by atoms with Crippen LogP contribution < -0.4 is 9.80 Å². The number of carbonyl (C=O) groups is 1. The Hall–Kier alpha value is -2.36. The van der Waals surface area contributed by atoms with Gasteiger partial charge in [0.25, 0.3) is 0 Å². The molecule has 27 heavy (non-hydrogen) atoms. The van der Waals surface area contributed by atoms with E-state index in [0.29, 0.717) is 12.3 Å². The number of fused-ring (bicyclic) bond motifs is 1. The van der Waals surface area contributed by atoms with Gasteiger partial charge in [0.2, 0.25) is 5.91 Å². The van der Waals surface area contributed by atoms with Gasteiger partial charge in [0.15, 0.2) is 0 Å². The maximum atomic E-state index is 13.2. The fourth-order valence-electron chi connectivity index (χ4n) is 4.42. The summed E-state index contributed by atoms with van der Waals surface area (Å²) in [6.45, 7) is 4.92. The molecule has 0 saturated carbocycles. The summed E-state index contributed by atoms with van der Waals surface area (Å²) in [5.74, 6) is 0.543. The third-order valence-electron chi connectivity index (χ3n) is 5.96. The van der Waals surface area contributed by atoms with E-state index in [0.717, 1.165) is 51.0 Å². The number of halogens is 1. The third-order valence-corrected chi connectivity index (χ3v) is 5.96. The van der Waals surface area contributed by atoms with Gasteiger partial charge in [-0.15, -0.1) is 0 Å². The number of anilines is 2. The van der Waals surface area contributed by atoms with Crippen molar-refractivity contribution < 1.29 is 9.18 Å². The quantitative estimate of drug-likeness (QED) is 0.751. The molecule has 0 bridgehead atoms. The summed E-state index contributed by atoms with van der Waals surface area (Å²) in [7, 11) is 0. The van der Waals surface area contributed by atoms with Crippen molar-refractivity contribution in [1.29, 1.82) is 0 Å². The smallest absolute Gasteiger partial charge is 0.231 e. The van der Waals surface area contributed by atoms with Gasteiger partial charge >= 0.3 is 0 Å². The zero-order valence-corrected chi connectivity index (χ0v) is 16.0. The van der Waals surface area contributed by atoms with E-state index in [9.17, 15) is 9.18 Å². The SMILES string of the molecule is CCCCN1C(=O)Cc2c(N3CCC(c4ccc(F)cc4)CC3)cccc21. The first-order chi connectivity index (χ1) is 13.2. The molecule has 0 radical (unpaired) electrons. The number of hydrogen-bond acceptors (Lipinski definition) is 2. The topological polar surface area (TPSA) is 23.6 Å². The van der Waals surface area contributed by atoms with Gasteiger partial charge < -0.3 is 9.80 Å². The molecule has 142 valence electrons. The summed E-state index contributed by atoms with van der Waals surface area (Å²) in [6, 6.07) is 13.3. The Kier molecular flexibility index (Phi) is 5.15. The molecule has 0 aromatic heterocycles. The van der Waals surface area contributed by atoms with Crippen molar-refractivity contribution in [2.24, 2.45) is 0 Å². The van der Waals surface area contributed by atoms with Crippen LogP contribution in [-0.2, 0) is 11.2 Å². The number of benzene rings is 2.